The number of hydrogen-bond donors (Lipinski definition) is 2. The molecule has 1 saturated heterocycles. The molecule has 0 unspecified atom stereocenters. The maximum atomic E-state index is 11.8. The van der Waals surface area contributed by atoms with Crippen LogP contribution in [-0.2, 0) is 19.7 Å². The molecule has 0 spiro atoms. The number of methoxy groups -OCH3 is 1. The summed E-state index contributed by atoms with van der Waals surface area (Å²) < 4.78 is 10.9. The van der Waals surface area contributed by atoms with Crippen molar-refractivity contribution in [3.05, 3.63) is 29.8 Å². The molecule has 1 heterocycles. The molecule has 6 heteroatoms. The number of likely N-dealkylation sites (N-methyl/N-ethyl adjacent to an activating group) is 1. The summed E-state index contributed by atoms with van der Waals surface area (Å²) in [5.41, 5.74) is 0.757. The number of rotatable bonds is 4. The second kappa shape index (κ2) is 7.26. The van der Waals surface area contributed by atoms with Crippen LogP contribution in [0.25, 0.3) is 0 Å². The van der Waals surface area contributed by atoms with Gasteiger partial charge < -0.3 is 20.1 Å². The Labute approximate surface area is 130 Å². The zero-order chi connectivity index (χ0) is 16.0. The average Bonchev–Trinajstić information content (AvgIpc) is 2.59. The summed E-state index contributed by atoms with van der Waals surface area (Å²) in [5.74, 6) is -0.468. The predicted molar refractivity (Wildman–Crippen MR) is 81.8 cm³/mol. The molecule has 0 atom stereocenters. The van der Waals surface area contributed by atoms with Crippen molar-refractivity contribution in [2.24, 2.45) is 0 Å². The van der Waals surface area contributed by atoms with Crippen molar-refractivity contribution >= 4 is 11.8 Å². The van der Waals surface area contributed by atoms with E-state index in [2.05, 4.69) is 10.6 Å². The molecule has 22 heavy (non-hydrogen) atoms. The standard InChI is InChI=1S/C16H22N2O4/c1-17-14(19)15(20)18-11-16(7-9-22-10-8-16)12-5-3-4-6-13(12)21-2/h3-6H,7-11H2,1-2H3,(H,17,19)(H,18,20). The van der Waals surface area contributed by atoms with Crippen LogP contribution in [0.4, 0.5) is 0 Å². The van der Waals surface area contributed by atoms with Gasteiger partial charge in [0.1, 0.15) is 5.75 Å². The third-order valence-electron chi connectivity index (χ3n) is 4.15. The summed E-state index contributed by atoms with van der Waals surface area (Å²) in [6.07, 6.45) is 1.53. The van der Waals surface area contributed by atoms with Crippen LogP contribution in [0.2, 0.25) is 0 Å². The van der Waals surface area contributed by atoms with Gasteiger partial charge in [-0.25, -0.2) is 0 Å². The number of benzene rings is 1. The van der Waals surface area contributed by atoms with Crippen LogP contribution in [0, 0.1) is 0 Å². The number of carbonyl (C=O) groups excluding carboxylic acids is 2. The Kier molecular flexibility index (Phi) is 5.38. The first-order chi connectivity index (χ1) is 10.6. The van der Waals surface area contributed by atoms with Gasteiger partial charge in [-0.15, -0.1) is 0 Å². The van der Waals surface area contributed by atoms with Crippen LogP contribution in [0.15, 0.2) is 24.3 Å². The molecule has 2 rings (SSSR count). The maximum Gasteiger partial charge on any atom is 0.309 e. The Morgan fingerprint density at radius 2 is 1.91 bits per heavy atom. The van der Waals surface area contributed by atoms with Crippen LogP contribution < -0.4 is 15.4 Å². The highest BCUT2D eigenvalue weighted by atomic mass is 16.5. The predicted octanol–water partition coefficient (Wildman–Crippen LogP) is 0.606. The van der Waals surface area contributed by atoms with E-state index in [1.165, 1.54) is 7.05 Å². The SMILES string of the molecule is CNC(=O)C(=O)NCC1(c2ccccc2OC)CCOCC1. The summed E-state index contributed by atoms with van der Waals surface area (Å²) in [6.45, 7) is 1.62. The van der Waals surface area contributed by atoms with Gasteiger partial charge in [0.15, 0.2) is 0 Å². The first-order valence-corrected chi connectivity index (χ1v) is 7.34. The molecule has 2 N–H and O–H groups in total. The largest absolute Gasteiger partial charge is 0.496 e. The van der Waals surface area contributed by atoms with Crippen LogP contribution in [0.3, 0.4) is 0 Å². The highest BCUT2D eigenvalue weighted by molar-refractivity contribution is 6.35. The molecular weight excluding hydrogens is 284 g/mol. The average molecular weight is 306 g/mol. The summed E-state index contributed by atoms with van der Waals surface area (Å²) in [4.78, 5) is 23.1. The zero-order valence-electron chi connectivity index (χ0n) is 13.0. The lowest BCUT2D eigenvalue weighted by atomic mass is 9.73. The Bertz CT molecular complexity index is 539. The summed E-state index contributed by atoms with van der Waals surface area (Å²) >= 11 is 0. The highest BCUT2D eigenvalue weighted by Gasteiger charge is 2.37. The van der Waals surface area contributed by atoms with Gasteiger partial charge >= 0.3 is 11.8 Å². The minimum absolute atomic E-state index is 0.283. The van der Waals surface area contributed by atoms with E-state index in [1.54, 1.807) is 7.11 Å². The van der Waals surface area contributed by atoms with Crippen LogP contribution >= 0.6 is 0 Å². The van der Waals surface area contributed by atoms with Gasteiger partial charge in [-0.05, 0) is 18.9 Å². The quantitative estimate of drug-likeness (QED) is 0.799. The molecule has 6 nitrogen and oxygen atoms in total. The smallest absolute Gasteiger partial charge is 0.309 e. The van der Waals surface area contributed by atoms with Crippen molar-refractivity contribution in [3.8, 4) is 5.75 Å². The molecule has 120 valence electrons. The van der Waals surface area contributed by atoms with E-state index >= 15 is 0 Å². The van der Waals surface area contributed by atoms with Crippen molar-refractivity contribution < 1.29 is 19.1 Å². The Balaban J connectivity index is 2.24. The molecule has 1 aliphatic heterocycles. The van der Waals surface area contributed by atoms with E-state index in [4.69, 9.17) is 9.47 Å². The van der Waals surface area contributed by atoms with Crippen LogP contribution in [-0.4, -0.2) is 45.7 Å². The molecule has 0 aliphatic carbocycles. The fourth-order valence-corrected chi connectivity index (χ4v) is 2.83. The van der Waals surface area contributed by atoms with Crippen LogP contribution in [0.1, 0.15) is 18.4 Å². The van der Waals surface area contributed by atoms with Gasteiger partial charge in [-0.2, -0.15) is 0 Å². The zero-order valence-corrected chi connectivity index (χ0v) is 13.0. The van der Waals surface area contributed by atoms with Gasteiger partial charge in [0.05, 0.1) is 7.11 Å². The number of carbonyl (C=O) groups is 2. The second-order valence-electron chi connectivity index (χ2n) is 5.35. The fraction of sp³-hybridized carbons (Fsp3) is 0.500. The third kappa shape index (κ3) is 3.39. The van der Waals surface area contributed by atoms with Gasteiger partial charge in [-0.1, -0.05) is 18.2 Å². The van der Waals surface area contributed by atoms with Gasteiger partial charge in [0, 0.05) is 37.8 Å². The molecular formula is C16H22N2O4. The summed E-state index contributed by atoms with van der Waals surface area (Å²) in [7, 11) is 3.07. The van der Waals surface area contributed by atoms with E-state index < -0.39 is 11.8 Å². The molecule has 0 saturated carbocycles. The minimum atomic E-state index is -0.637. The summed E-state index contributed by atoms with van der Waals surface area (Å²) in [6, 6.07) is 7.79. The lowest BCUT2D eigenvalue weighted by molar-refractivity contribution is -0.139. The Morgan fingerprint density at radius 3 is 2.55 bits per heavy atom. The molecule has 2 amide bonds. The molecule has 1 aromatic carbocycles. The number of ether oxygens (including phenoxy) is 2. The highest BCUT2D eigenvalue weighted by Crippen LogP contribution is 2.39. The van der Waals surface area contributed by atoms with Gasteiger partial charge in [0.2, 0.25) is 0 Å². The topological polar surface area (TPSA) is 76.7 Å². The first kappa shape index (κ1) is 16.3. The molecule has 0 aromatic heterocycles. The number of hydrogen-bond acceptors (Lipinski definition) is 4. The van der Waals surface area contributed by atoms with Crippen LogP contribution in [0.5, 0.6) is 5.75 Å². The second-order valence-corrected chi connectivity index (χ2v) is 5.35. The van der Waals surface area contributed by atoms with Crippen molar-refractivity contribution in [3.63, 3.8) is 0 Å². The molecule has 0 radical (unpaired) electrons. The molecule has 1 aliphatic rings. The van der Waals surface area contributed by atoms with E-state index in [0.717, 1.165) is 24.2 Å². The summed E-state index contributed by atoms with van der Waals surface area (Å²) in [5, 5.41) is 5.06. The monoisotopic (exact) mass is 306 g/mol. The number of nitrogens with one attached hydrogen (secondary N) is 2. The van der Waals surface area contributed by atoms with Crippen molar-refractivity contribution in [2.75, 3.05) is 33.9 Å². The van der Waals surface area contributed by atoms with Crippen molar-refractivity contribution in [1.29, 1.82) is 0 Å². The minimum Gasteiger partial charge on any atom is -0.496 e. The number of para-hydroxylation sites is 1. The lowest BCUT2D eigenvalue weighted by Gasteiger charge is -2.38. The Morgan fingerprint density at radius 1 is 1.23 bits per heavy atom. The van der Waals surface area contributed by atoms with E-state index in [1.807, 2.05) is 24.3 Å². The lowest BCUT2D eigenvalue weighted by Crippen LogP contribution is -2.48. The first-order valence-electron chi connectivity index (χ1n) is 7.34. The van der Waals surface area contributed by atoms with E-state index in [-0.39, 0.29) is 5.41 Å². The third-order valence-corrected chi connectivity index (χ3v) is 4.15. The van der Waals surface area contributed by atoms with E-state index in [9.17, 15) is 9.59 Å². The normalized spacial score (nSPS) is 16.6. The molecule has 1 fully saturated rings. The van der Waals surface area contributed by atoms with E-state index in [0.29, 0.717) is 19.8 Å². The fourth-order valence-electron chi connectivity index (χ4n) is 2.83. The van der Waals surface area contributed by atoms with Gasteiger partial charge in [-0.3, -0.25) is 9.59 Å². The Hall–Kier alpha value is -2.08. The molecule has 1 aromatic rings. The van der Waals surface area contributed by atoms with Crippen molar-refractivity contribution in [1.82, 2.24) is 10.6 Å². The maximum absolute atomic E-state index is 11.8. The van der Waals surface area contributed by atoms with Crippen molar-refractivity contribution in [2.45, 2.75) is 18.3 Å². The van der Waals surface area contributed by atoms with Gasteiger partial charge in [0.25, 0.3) is 0 Å². The number of amides is 2. The molecule has 0 bridgehead atoms.